The maximum Gasteiger partial charge on any atom is 0.280 e. The van der Waals surface area contributed by atoms with Crippen molar-refractivity contribution in [3.63, 3.8) is 0 Å². The number of carbonyl (C=O) groups excluding carboxylic acids is 2. The predicted octanol–water partition coefficient (Wildman–Crippen LogP) is 11.3. The van der Waals surface area contributed by atoms with E-state index in [0.29, 0.717) is 36.6 Å². The third-order valence-electron chi connectivity index (χ3n) is 7.85. The lowest BCUT2D eigenvalue weighted by Crippen LogP contribution is -2.36. The fourth-order valence-electron chi connectivity index (χ4n) is 5.20. The molecule has 0 spiro atoms. The van der Waals surface area contributed by atoms with Crippen LogP contribution >= 0.6 is 69.6 Å². The van der Waals surface area contributed by atoms with E-state index in [1.54, 1.807) is 36.4 Å². The molecule has 0 radical (unpaired) electrons. The summed E-state index contributed by atoms with van der Waals surface area (Å²) in [5, 5.41) is 12.0. The first kappa shape index (κ1) is 40.0. The first-order valence-electron chi connectivity index (χ1n) is 16.0. The standard InChI is InChI=1S/C37H30Cl6N6O4/c1-5-21-10-11-23(18-27(21)52-6-2)46-47-34-36(48-49(37(34)51)35-32(42)30(40)29(39)31(41)33(35)43)45-25-17-22(12-13-24(25)38)44-28(50)8-7-15-53-26-14-9-19(3)16-20(26)4/h2,9-14,16-18,34H,5,7-8,15H2,1,3-4H3,(H,44,50)(H,45,48). The average molecular weight is 835 g/mol. The van der Waals surface area contributed by atoms with E-state index in [1.165, 1.54) is 0 Å². The molecule has 1 aliphatic rings. The second-order valence-corrected chi connectivity index (χ2v) is 13.9. The molecule has 0 bridgehead atoms. The number of aliphatic imine (C=N–C) groups is 1. The molecule has 4 aromatic carbocycles. The summed E-state index contributed by atoms with van der Waals surface area (Å²) in [4.78, 5) is 31.5. The van der Waals surface area contributed by atoms with Crippen molar-refractivity contribution in [2.75, 3.05) is 16.9 Å². The molecule has 0 aliphatic carbocycles. The van der Waals surface area contributed by atoms with Crippen LogP contribution in [-0.4, -0.2) is 30.3 Å². The molecule has 0 saturated carbocycles. The summed E-state index contributed by atoms with van der Waals surface area (Å²) >= 11 is 38.4. The van der Waals surface area contributed by atoms with Crippen LogP contribution in [0, 0.1) is 26.4 Å². The maximum absolute atomic E-state index is 14.0. The van der Waals surface area contributed by atoms with Gasteiger partial charge in [0, 0.05) is 18.2 Å². The number of benzene rings is 4. The monoisotopic (exact) mass is 832 g/mol. The molecule has 1 unspecified atom stereocenters. The van der Waals surface area contributed by atoms with Crippen molar-refractivity contribution in [3.8, 4) is 24.0 Å². The summed E-state index contributed by atoms with van der Waals surface area (Å²) in [6.45, 7) is 6.29. The minimum atomic E-state index is -1.37. The Bertz CT molecular complexity index is 2160. The topological polar surface area (TPSA) is 117 Å². The van der Waals surface area contributed by atoms with E-state index < -0.39 is 11.9 Å². The number of terminal acetylenes is 1. The molecule has 1 saturated heterocycles. The number of halogens is 6. The highest BCUT2D eigenvalue weighted by molar-refractivity contribution is 6.57. The zero-order valence-corrected chi connectivity index (χ0v) is 32.9. The van der Waals surface area contributed by atoms with Crippen molar-refractivity contribution in [2.24, 2.45) is 15.2 Å². The minimum Gasteiger partial charge on any atom is -0.493 e. The fraction of sp³-hybridized carbons (Fsp3) is 0.216. The number of anilines is 2. The van der Waals surface area contributed by atoms with Gasteiger partial charge in [0.1, 0.15) is 23.3 Å². The number of rotatable bonds is 12. The number of hydrogen-bond acceptors (Lipinski definition) is 7. The molecular weight excluding hydrogens is 805 g/mol. The molecule has 5 rings (SSSR count). The molecule has 4 aromatic rings. The Hall–Kier alpha value is -4.21. The van der Waals surface area contributed by atoms with Crippen LogP contribution in [-0.2, 0) is 16.0 Å². The number of hydrazine groups is 1. The van der Waals surface area contributed by atoms with Gasteiger partial charge in [-0.25, -0.2) is 10.0 Å². The Morgan fingerprint density at radius 2 is 1.66 bits per heavy atom. The van der Waals surface area contributed by atoms with E-state index in [1.807, 2.05) is 39.0 Å². The van der Waals surface area contributed by atoms with Crippen LogP contribution in [0.2, 0.25) is 30.1 Å². The van der Waals surface area contributed by atoms with Crippen LogP contribution in [0.25, 0.3) is 0 Å². The van der Waals surface area contributed by atoms with Crippen molar-refractivity contribution in [1.82, 2.24) is 5.43 Å². The summed E-state index contributed by atoms with van der Waals surface area (Å²) in [6, 6.07) is 14.3. The Morgan fingerprint density at radius 3 is 2.34 bits per heavy atom. The summed E-state index contributed by atoms with van der Waals surface area (Å²) in [6.07, 6.45) is 8.85. The zero-order valence-electron chi connectivity index (χ0n) is 28.4. The number of amidine groups is 1. The van der Waals surface area contributed by atoms with Gasteiger partial charge in [0.15, 0.2) is 5.84 Å². The second kappa shape index (κ2) is 17.7. The van der Waals surface area contributed by atoms with Gasteiger partial charge in [0.25, 0.3) is 5.91 Å². The molecule has 2 amide bonds. The predicted molar refractivity (Wildman–Crippen MR) is 214 cm³/mol. The number of ether oxygens (including phenoxy) is 2. The molecule has 0 aromatic heterocycles. The van der Waals surface area contributed by atoms with Gasteiger partial charge in [-0.15, -0.1) is 0 Å². The van der Waals surface area contributed by atoms with Crippen LogP contribution in [0.3, 0.4) is 0 Å². The number of nitrogens with zero attached hydrogens (tertiary/aromatic N) is 4. The van der Waals surface area contributed by atoms with Gasteiger partial charge >= 0.3 is 0 Å². The van der Waals surface area contributed by atoms with Gasteiger partial charge in [0.2, 0.25) is 11.9 Å². The van der Waals surface area contributed by atoms with E-state index in [0.717, 1.165) is 27.4 Å². The average Bonchev–Trinajstić information content (AvgIpc) is 3.43. The third-order valence-corrected chi connectivity index (χ3v) is 10.4. The quantitative estimate of drug-likeness (QED) is 0.0485. The van der Waals surface area contributed by atoms with Gasteiger partial charge in [-0.05, 0) is 68.1 Å². The maximum atomic E-state index is 14.0. The van der Waals surface area contributed by atoms with Gasteiger partial charge in [-0.3, -0.25) is 15.0 Å². The van der Waals surface area contributed by atoms with Crippen molar-refractivity contribution in [1.29, 1.82) is 0 Å². The number of hydrogen-bond donors (Lipinski definition) is 2. The Morgan fingerprint density at radius 1 is 0.943 bits per heavy atom. The van der Waals surface area contributed by atoms with Crippen LogP contribution in [0.15, 0.2) is 69.8 Å². The van der Waals surface area contributed by atoms with Crippen LogP contribution in [0.1, 0.15) is 36.5 Å². The summed E-state index contributed by atoms with van der Waals surface area (Å²) < 4.78 is 11.1. The van der Waals surface area contributed by atoms with Gasteiger partial charge in [-0.2, -0.15) is 10.2 Å². The van der Waals surface area contributed by atoms with Crippen LogP contribution in [0.5, 0.6) is 11.5 Å². The molecule has 1 heterocycles. The number of amides is 2. The highest BCUT2D eigenvalue weighted by Gasteiger charge is 2.42. The van der Waals surface area contributed by atoms with Crippen molar-refractivity contribution < 1.29 is 19.1 Å². The van der Waals surface area contributed by atoms with Crippen molar-refractivity contribution >= 4 is 110 Å². The minimum absolute atomic E-state index is 0.0210. The smallest absolute Gasteiger partial charge is 0.280 e. The van der Waals surface area contributed by atoms with Gasteiger partial charge in [0.05, 0.1) is 48.1 Å². The van der Waals surface area contributed by atoms with Crippen molar-refractivity contribution in [3.05, 3.63) is 101 Å². The largest absolute Gasteiger partial charge is 0.493 e. The number of aryl methyl sites for hydroxylation is 3. The Balaban J connectivity index is 1.42. The molecule has 1 fully saturated rings. The molecule has 2 N–H and O–H groups in total. The van der Waals surface area contributed by atoms with Crippen LogP contribution in [0.4, 0.5) is 22.7 Å². The normalized spacial score (nSPS) is 14.8. The highest BCUT2D eigenvalue weighted by atomic mass is 35.5. The summed E-state index contributed by atoms with van der Waals surface area (Å²) in [5.74, 6) is 0.232. The van der Waals surface area contributed by atoms with Gasteiger partial charge < -0.3 is 14.8 Å². The van der Waals surface area contributed by atoms with E-state index >= 15 is 0 Å². The third kappa shape index (κ3) is 9.30. The van der Waals surface area contributed by atoms with Crippen molar-refractivity contribution in [2.45, 2.75) is 46.1 Å². The first-order chi connectivity index (χ1) is 25.3. The Kier molecular flexibility index (Phi) is 13.4. The summed E-state index contributed by atoms with van der Waals surface area (Å²) in [7, 11) is 0. The molecule has 1 aliphatic heterocycles. The lowest BCUT2D eigenvalue weighted by molar-refractivity contribution is -0.118. The van der Waals surface area contributed by atoms with E-state index in [-0.39, 0.29) is 59.7 Å². The number of carbonyl (C=O) groups is 2. The highest BCUT2D eigenvalue weighted by Crippen LogP contribution is 2.49. The molecule has 1 atom stereocenters. The lowest BCUT2D eigenvalue weighted by atomic mass is 10.1. The van der Waals surface area contributed by atoms with Crippen LogP contribution < -0.4 is 25.2 Å². The van der Waals surface area contributed by atoms with E-state index in [4.69, 9.17) is 85.5 Å². The fourth-order valence-corrected chi connectivity index (χ4v) is 6.66. The molecular formula is C37H30Cl6N6O4. The molecule has 274 valence electrons. The molecule has 10 nitrogen and oxygen atoms in total. The molecule has 53 heavy (non-hydrogen) atoms. The van der Waals surface area contributed by atoms with E-state index in [9.17, 15) is 9.59 Å². The SMILES string of the molecule is C#COc1cc(N=NC2C(=O)N(c3c(Cl)c(Cl)c(Cl)c(Cl)c3Cl)NC2=Nc2cc(NC(=O)CCCOc3ccc(C)cc3C)ccc2Cl)ccc1CC. The first-order valence-corrected chi connectivity index (χ1v) is 18.3. The van der Waals surface area contributed by atoms with E-state index in [2.05, 4.69) is 32.1 Å². The zero-order chi connectivity index (χ0) is 38.4. The summed E-state index contributed by atoms with van der Waals surface area (Å²) in [5.41, 5.74) is 6.75. The second-order valence-electron chi connectivity index (χ2n) is 11.6. The number of azo groups is 1. The molecule has 16 heteroatoms. The van der Waals surface area contributed by atoms with Gasteiger partial charge in [-0.1, -0.05) is 107 Å². The lowest BCUT2D eigenvalue weighted by Gasteiger charge is -2.21. The number of nitrogens with one attached hydrogen (secondary N) is 2. The Labute approximate surface area is 336 Å².